The smallest absolute Gasteiger partial charge is 0.156 e. The Bertz CT molecular complexity index is 381. The second-order valence-electron chi connectivity index (χ2n) is 3.69. The maximum Gasteiger partial charge on any atom is 0.156 e. The Balaban J connectivity index is 2.69. The third-order valence-corrected chi connectivity index (χ3v) is 2.41. The molecule has 0 aliphatic carbocycles. The van der Waals surface area contributed by atoms with Gasteiger partial charge in [-0.1, -0.05) is 17.3 Å². The molecule has 0 saturated heterocycles. The van der Waals surface area contributed by atoms with Crippen molar-refractivity contribution >= 4 is 5.84 Å². The number of nitrogens with one attached hydrogen (secondary N) is 1. The van der Waals surface area contributed by atoms with Crippen molar-refractivity contribution in [3.8, 4) is 0 Å². The Morgan fingerprint density at radius 1 is 1.50 bits per heavy atom. The van der Waals surface area contributed by atoms with Crippen LogP contribution in [0.25, 0.3) is 0 Å². The van der Waals surface area contributed by atoms with Crippen molar-refractivity contribution < 1.29 is 9.60 Å². The first kappa shape index (κ1) is 12.4. The van der Waals surface area contributed by atoms with Gasteiger partial charge in [0.15, 0.2) is 5.84 Å². The number of hydrogen-bond acceptors (Lipinski definition) is 3. The Morgan fingerprint density at radius 2 is 2.19 bits per heavy atom. The van der Waals surface area contributed by atoms with Crippen LogP contribution in [0.5, 0.6) is 0 Å². The van der Waals surface area contributed by atoms with Gasteiger partial charge in [-0.3, -0.25) is 0 Å². The summed E-state index contributed by atoms with van der Waals surface area (Å²) in [6, 6.07) is 5.96. The molecule has 1 aromatic carbocycles. The summed E-state index contributed by atoms with van der Waals surface area (Å²) in [5.41, 5.74) is 6.25. The molecule has 4 nitrogen and oxygen atoms in total. The molecular formula is C11H16FN3O. The van der Waals surface area contributed by atoms with Crippen LogP contribution >= 0.6 is 0 Å². The molecule has 0 saturated carbocycles. The first-order valence-electron chi connectivity index (χ1n) is 5.03. The quantitative estimate of drug-likeness (QED) is 0.315. The van der Waals surface area contributed by atoms with Gasteiger partial charge in [-0.2, -0.15) is 0 Å². The third-order valence-electron chi connectivity index (χ3n) is 2.41. The fourth-order valence-corrected chi connectivity index (χ4v) is 1.42. The summed E-state index contributed by atoms with van der Waals surface area (Å²) in [5.74, 6) is -0.175. The summed E-state index contributed by atoms with van der Waals surface area (Å²) in [4.78, 5) is 0. The zero-order chi connectivity index (χ0) is 12.1. The maximum absolute atomic E-state index is 13.0. The highest BCUT2D eigenvalue weighted by molar-refractivity contribution is 5.84. The van der Waals surface area contributed by atoms with Crippen molar-refractivity contribution in [2.24, 2.45) is 10.9 Å². The van der Waals surface area contributed by atoms with E-state index in [0.29, 0.717) is 0 Å². The molecule has 1 aromatic rings. The monoisotopic (exact) mass is 225 g/mol. The lowest BCUT2D eigenvalue weighted by Gasteiger charge is -2.19. The van der Waals surface area contributed by atoms with E-state index in [9.17, 15) is 4.39 Å². The van der Waals surface area contributed by atoms with Crippen LogP contribution in [0.15, 0.2) is 29.4 Å². The van der Waals surface area contributed by atoms with Gasteiger partial charge < -0.3 is 16.3 Å². The van der Waals surface area contributed by atoms with Gasteiger partial charge in [0.2, 0.25) is 0 Å². The van der Waals surface area contributed by atoms with Gasteiger partial charge in [-0.05, 0) is 31.5 Å². The number of rotatable bonds is 4. The molecule has 0 radical (unpaired) electrons. The van der Waals surface area contributed by atoms with Crippen LogP contribution in [-0.2, 0) is 0 Å². The van der Waals surface area contributed by atoms with E-state index in [4.69, 9.17) is 10.9 Å². The molecule has 0 aliphatic rings. The number of benzene rings is 1. The number of amidine groups is 1. The largest absolute Gasteiger partial charge is 0.409 e. The van der Waals surface area contributed by atoms with Crippen molar-refractivity contribution in [1.82, 2.24) is 5.32 Å². The fourth-order valence-electron chi connectivity index (χ4n) is 1.42. The lowest BCUT2D eigenvalue weighted by molar-refractivity contribution is 0.314. The van der Waals surface area contributed by atoms with Crippen molar-refractivity contribution in [2.45, 2.75) is 25.9 Å². The highest BCUT2D eigenvalue weighted by Crippen LogP contribution is 2.13. The molecule has 88 valence electrons. The Hall–Kier alpha value is -1.62. The number of oxime groups is 1. The number of nitrogens with two attached hydrogens (primary N) is 1. The van der Waals surface area contributed by atoms with Gasteiger partial charge in [0.25, 0.3) is 0 Å². The molecule has 0 fully saturated rings. The van der Waals surface area contributed by atoms with Gasteiger partial charge in [-0.15, -0.1) is 0 Å². The molecule has 0 spiro atoms. The Kier molecular flexibility index (Phi) is 4.25. The minimum Gasteiger partial charge on any atom is -0.409 e. The molecule has 0 heterocycles. The molecule has 5 heteroatoms. The summed E-state index contributed by atoms with van der Waals surface area (Å²) in [6.45, 7) is 3.65. The van der Waals surface area contributed by atoms with Crippen molar-refractivity contribution in [3.63, 3.8) is 0 Å². The average molecular weight is 225 g/mol. The van der Waals surface area contributed by atoms with Crippen LogP contribution in [0, 0.1) is 5.82 Å². The molecule has 4 N–H and O–H groups in total. The standard InChI is InChI=1S/C11H16FN3O/c1-7(14-8(2)11(13)15-16)9-4-3-5-10(12)6-9/h3-8,14,16H,1-2H3,(H2,13,15)/t7-,8?/m0/s1. The molecule has 1 rings (SSSR count). The molecule has 0 aliphatic heterocycles. The van der Waals surface area contributed by atoms with Crippen LogP contribution in [-0.4, -0.2) is 17.1 Å². The zero-order valence-corrected chi connectivity index (χ0v) is 9.31. The second-order valence-corrected chi connectivity index (χ2v) is 3.69. The van der Waals surface area contributed by atoms with Crippen LogP contribution in [0.1, 0.15) is 25.5 Å². The summed E-state index contributed by atoms with van der Waals surface area (Å²) >= 11 is 0. The number of nitrogens with zero attached hydrogens (tertiary/aromatic N) is 1. The predicted molar refractivity (Wildman–Crippen MR) is 60.8 cm³/mol. The summed E-state index contributed by atoms with van der Waals surface area (Å²) in [5, 5.41) is 14.5. The lowest BCUT2D eigenvalue weighted by atomic mass is 10.1. The van der Waals surface area contributed by atoms with Gasteiger partial charge in [0, 0.05) is 6.04 Å². The van der Waals surface area contributed by atoms with Crippen molar-refractivity contribution in [1.29, 1.82) is 0 Å². The lowest BCUT2D eigenvalue weighted by Crippen LogP contribution is -2.40. The zero-order valence-electron chi connectivity index (χ0n) is 9.31. The molecule has 1 unspecified atom stereocenters. The number of halogens is 1. The SMILES string of the molecule is CC(N[C@@H](C)c1cccc(F)c1)/C(N)=N/O. The fraction of sp³-hybridized carbons (Fsp3) is 0.364. The van der Waals surface area contributed by atoms with Crippen LogP contribution < -0.4 is 11.1 Å². The van der Waals surface area contributed by atoms with Crippen molar-refractivity contribution in [2.75, 3.05) is 0 Å². The molecule has 2 atom stereocenters. The normalized spacial score (nSPS) is 15.8. The van der Waals surface area contributed by atoms with E-state index in [0.717, 1.165) is 5.56 Å². The van der Waals surface area contributed by atoms with E-state index >= 15 is 0 Å². The first-order chi connectivity index (χ1) is 7.54. The number of hydrogen-bond donors (Lipinski definition) is 3. The van der Waals surface area contributed by atoms with Gasteiger partial charge in [-0.25, -0.2) is 4.39 Å². The Morgan fingerprint density at radius 3 is 2.75 bits per heavy atom. The summed E-state index contributed by atoms with van der Waals surface area (Å²) in [7, 11) is 0. The van der Waals surface area contributed by atoms with E-state index in [1.165, 1.54) is 12.1 Å². The minimum absolute atomic E-state index is 0.0778. The van der Waals surface area contributed by atoms with E-state index in [1.54, 1.807) is 13.0 Å². The van der Waals surface area contributed by atoms with E-state index in [2.05, 4.69) is 10.5 Å². The van der Waals surface area contributed by atoms with Crippen LogP contribution in [0.4, 0.5) is 4.39 Å². The average Bonchev–Trinajstić information content (AvgIpc) is 2.27. The second kappa shape index (κ2) is 5.46. The van der Waals surface area contributed by atoms with Gasteiger partial charge in [0.1, 0.15) is 5.82 Å². The van der Waals surface area contributed by atoms with Crippen LogP contribution in [0.2, 0.25) is 0 Å². The molecule has 0 aromatic heterocycles. The molecule has 0 bridgehead atoms. The van der Waals surface area contributed by atoms with Crippen molar-refractivity contribution in [3.05, 3.63) is 35.6 Å². The van der Waals surface area contributed by atoms with Gasteiger partial charge >= 0.3 is 0 Å². The Labute approximate surface area is 94.0 Å². The topological polar surface area (TPSA) is 70.6 Å². The molecule has 0 amide bonds. The maximum atomic E-state index is 13.0. The molecular weight excluding hydrogens is 209 g/mol. The van der Waals surface area contributed by atoms with E-state index < -0.39 is 0 Å². The minimum atomic E-state index is -0.275. The first-order valence-corrected chi connectivity index (χ1v) is 5.03. The summed E-state index contributed by atoms with van der Waals surface area (Å²) < 4.78 is 13.0. The molecule has 16 heavy (non-hydrogen) atoms. The van der Waals surface area contributed by atoms with Gasteiger partial charge in [0.05, 0.1) is 6.04 Å². The highest BCUT2D eigenvalue weighted by atomic mass is 19.1. The highest BCUT2D eigenvalue weighted by Gasteiger charge is 2.12. The predicted octanol–water partition coefficient (Wildman–Crippen LogP) is 1.61. The van der Waals surface area contributed by atoms with E-state index in [1.807, 2.05) is 13.0 Å². The third kappa shape index (κ3) is 3.20. The summed E-state index contributed by atoms with van der Waals surface area (Å²) in [6.07, 6.45) is 0. The van der Waals surface area contributed by atoms with Crippen LogP contribution in [0.3, 0.4) is 0 Å². The van der Waals surface area contributed by atoms with E-state index in [-0.39, 0.29) is 23.7 Å².